The fourth-order valence-corrected chi connectivity index (χ4v) is 1.86. The average molecular weight is 265 g/mol. The van der Waals surface area contributed by atoms with Crippen molar-refractivity contribution in [2.24, 2.45) is 0 Å². The number of hydrogen-bond acceptors (Lipinski definition) is 4. The number of aromatic nitrogens is 4. The molecule has 6 heteroatoms. The van der Waals surface area contributed by atoms with Crippen LogP contribution in [0.2, 0.25) is 0 Å². The molecule has 2 aromatic heterocycles. The van der Waals surface area contributed by atoms with Crippen molar-refractivity contribution in [1.29, 1.82) is 5.26 Å². The first kappa shape index (κ1) is 12.0. The lowest BCUT2D eigenvalue weighted by atomic mass is 10.2. The first-order chi connectivity index (χ1) is 9.80. The minimum absolute atomic E-state index is 0.405. The predicted octanol–water partition coefficient (Wildman–Crippen LogP) is 2.35. The lowest BCUT2D eigenvalue weighted by molar-refractivity contribution is 0.415. The number of imidazole rings is 2. The number of nitrogens with one attached hydrogen (secondary N) is 2. The van der Waals surface area contributed by atoms with Crippen molar-refractivity contribution in [3.05, 3.63) is 42.4 Å². The Morgan fingerprint density at radius 1 is 1.05 bits per heavy atom. The largest absolute Gasteiger partial charge is 0.497 e. The number of H-pyrrole nitrogens is 2. The second kappa shape index (κ2) is 4.90. The summed E-state index contributed by atoms with van der Waals surface area (Å²) in [5.74, 6) is 1.94. The molecule has 0 saturated carbocycles. The third-order valence-electron chi connectivity index (χ3n) is 2.90. The van der Waals surface area contributed by atoms with E-state index in [4.69, 9.17) is 10.00 Å². The first-order valence-corrected chi connectivity index (χ1v) is 5.95. The molecule has 0 aliphatic heterocycles. The Morgan fingerprint density at radius 3 is 2.40 bits per heavy atom. The smallest absolute Gasteiger partial charge is 0.174 e. The van der Waals surface area contributed by atoms with Crippen molar-refractivity contribution in [3.8, 4) is 34.7 Å². The maximum absolute atomic E-state index is 8.77. The van der Waals surface area contributed by atoms with Crippen LogP contribution in [0.5, 0.6) is 5.75 Å². The van der Waals surface area contributed by atoms with Gasteiger partial charge in [-0.3, -0.25) is 0 Å². The third kappa shape index (κ3) is 2.12. The maximum Gasteiger partial charge on any atom is 0.174 e. The van der Waals surface area contributed by atoms with Crippen LogP contribution in [0.4, 0.5) is 0 Å². The van der Waals surface area contributed by atoms with E-state index >= 15 is 0 Å². The number of nitriles is 1. The normalized spacial score (nSPS) is 10.2. The first-order valence-electron chi connectivity index (χ1n) is 5.95. The lowest BCUT2D eigenvalue weighted by Crippen LogP contribution is -1.85. The molecule has 0 bridgehead atoms. The number of methoxy groups -OCH3 is 1. The van der Waals surface area contributed by atoms with Crippen molar-refractivity contribution in [1.82, 2.24) is 19.9 Å². The minimum Gasteiger partial charge on any atom is -0.497 e. The average Bonchev–Trinajstić information content (AvgIpc) is 3.16. The minimum atomic E-state index is 0.405. The van der Waals surface area contributed by atoms with Crippen LogP contribution in [0.3, 0.4) is 0 Å². The maximum atomic E-state index is 8.77. The highest BCUT2D eigenvalue weighted by Gasteiger charge is 2.08. The highest BCUT2D eigenvalue weighted by atomic mass is 16.5. The van der Waals surface area contributed by atoms with Crippen molar-refractivity contribution < 1.29 is 4.74 Å². The molecule has 2 N–H and O–H groups in total. The van der Waals surface area contributed by atoms with Crippen LogP contribution in [0.1, 0.15) is 5.69 Å². The van der Waals surface area contributed by atoms with E-state index in [0.29, 0.717) is 17.3 Å². The van der Waals surface area contributed by atoms with E-state index in [1.54, 1.807) is 13.3 Å². The zero-order valence-corrected chi connectivity index (χ0v) is 10.7. The summed E-state index contributed by atoms with van der Waals surface area (Å²) in [5.41, 5.74) is 2.27. The molecular formula is C14H11N5O. The Kier molecular flexibility index (Phi) is 2.94. The third-order valence-corrected chi connectivity index (χ3v) is 2.90. The Morgan fingerprint density at radius 2 is 1.75 bits per heavy atom. The van der Waals surface area contributed by atoms with E-state index < -0.39 is 0 Å². The van der Waals surface area contributed by atoms with Gasteiger partial charge in [0.1, 0.15) is 17.5 Å². The molecule has 2 heterocycles. The highest BCUT2D eigenvalue weighted by molar-refractivity contribution is 5.62. The van der Waals surface area contributed by atoms with E-state index in [-0.39, 0.29) is 0 Å². The van der Waals surface area contributed by atoms with Crippen molar-refractivity contribution >= 4 is 0 Å². The van der Waals surface area contributed by atoms with Gasteiger partial charge in [-0.1, -0.05) is 0 Å². The van der Waals surface area contributed by atoms with E-state index in [0.717, 1.165) is 17.0 Å². The van der Waals surface area contributed by atoms with Gasteiger partial charge >= 0.3 is 0 Å². The van der Waals surface area contributed by atoms with Gasteiger partial charge in [0.05, 0.1) is 25.2 Å². The van der Waals surface area contributed by atoms with Crippen LogP contribution in [-0.4, -0.2) is 27.0 Å². The molecule has 20 heavy (non-hydrogen) atoms. The van der Waals surface area contributed by atoms with Crippen LogP contribution in [0.15, 0.2) is 36.7 Å². The van der Waals surface area contributed by atoms with Gasteiger partial charge < -0.3 is 14.7 Å². The topological polar surface area (TPSA) is 90.4 Å². The Hall–Kier alpha value is -3.07. The number of nitrogens with zero attached hydrogens (tertiary/aromatic N) is 3. The SMILES string of the molecule is COc1ccc(-c2cnc(-c3ncc(C#N)[nH]3)[nH]2)cc1. The summed E-state index contributed by atoms with van der Waals surface area (Å²) in [6, 6.07) is 9.65. The van der Waals surface area contributed by atoms with Crippen LogP contribution in [0.25, 0.3) is 22.9 Å². The van der Waals surface area contributed by atoms with Gasteiger partial charge in [0.25, 0.3) is 0 Å². The number of aromatic amines is 2. The van der Waals surface area contributed by atoms with Gasteiger partial charge in [-0.2, -0.15) is 5.26 Å². The summed E-state index contributed by atoms with van der Waals surface area (Å²) in [7, 11) is 1.63. The monoisotopic (exact) mass is 265 g/mol. The van der Waals surface area contributed by atoms with Gasteiger partial charge in [0, 0.05) is 0 Å². The van der Waals surface area contributed by atoms with Crippen LogP contribution in [0, 0.1) is 11.3 Å². The quantitative estimate of drug-likeness (QED) is 0.760. The summed E-state index contributed by atoms with van der Waals surface area (Å²) in [5, 5.41) is 8.77. The molecule has 1 aromatic carbocycles. The molecule has 0 unspecified atom stereocenters. The van der Waals surface area contributed by atoms with Gasteiger partial charge in [0.2, 0.25) is 0 Å². The van der Waals surface area contributed by atoms with Gasteiger partial charge in [-0.05, 0) is 29.8 Å². The zero-order chi connectivity index (χ0) is 13.9. The number of ether oxygens (including phenoxy) is 1. The molecule has 6 nitrogen and oxygen atoms in total. The zero-order valence-electron chi connectivity index (χ0n) is 10.7. The van der Waals surface area contributed by atoms with Crippen LogP contribution in [-0.2, 0) is 0 Å². The summed E-state index contributed by atoms with van der Waals surface area (Å²) in [6.07, 6.45) is 3.20. The Balaban J connectivity index is 1.91. The summed E-state index contributed by atoms with van der Waals surface area (Å²) < 4.78 is 5.12. The van der Waals surface area contributed by atoms with E-state index in [1.165, 1.54) is 6.20 Å². The molecule has 0 saturated heterocycles. The van der Waals surface area contributed by atoms with E-state index in [2.05, 4.69) is 19.9 Å². The van der Waals surface area contributed by atoms with E-state index in [1.807, 2.05) is 30.3 Å². The Labute approximate surface area is 115 Å². The fourth-order valence-electron chi connectivity index (χ4n) is 1.86. The highest BCUT2D eigenvalue weighted by Crippen LogP contribution is 2.22. The van der Waals surface area contributed by atoms with Gasteiger partial charge in [-0.15, -0.1) is 0 Å². The molecular weight excluding hydrogens is 254 g/mol. The molecule has 98 valence electrons. The van der Waals surface area contributed by atoms with Gasteiger partial charge in [0.15, 0.2) is 11.6 Å². The fraction of sp³-hybridized carbons (Fsp3) is 0.0714. The molecule has 0 radical (unpaired) electrons. The van der Waals surface area contributed by atoms with Crippen LogP contribution < -0.4 is 4.74 Å². The number of rotatable bonds is 3. The lowest BCUT2D eigenvalue weighted by Gasteiger charge is -2.00. The van der Waals surface area contributed by atoms with Gasteiger partial charge in [-0.25, -0.2) is 9.97 Å². The standard InChI is InChI=1S/C14H11N5O/c1-20-11-4-2-9(3-5-11)12-8-17-14(19-12)13-16-7-10(6-15)18-13/h2-5,7-8H,1H3,(H,16,18)(H,17,19). The van der Waals surface area contributed by atoms with E-state index in [9.17, 15) is 0 Å². The Bertz CT molecular complexity index is 763. The summed E-state index contributed by atoms with van der Waals surface area (Å²) >= 11 is 0. The molecule has 0 aliphatic rings. The second-order valence-electron chi connectivity index (χ2n) is 4.13. The van der Waals surface area contributed by atoms with Crippen molar-refractivity contribution in [3.63, 3.8) is 0 Å². The molecule has 3 rings (SSSR count). The summed E-state index contributed by atoms with van der Waals surface area (Å²) in [6.45, 7) is 0. The molecule has 3 aromatic rings. The molecule has 0 amide bonds. The molecule has 0 fully saturated rings. The number of hydrogen-bond donors (Lipinski definition) is 2. The molecule has 0 aliphatic carbocycles. The predicted molar refractivity (Wildman–Crippen MR) is 72.9 cm³/mol. The molecule has 0 atom stereocenters. The summed E-state index contributed by atoms with van der Waals surface area (Å²) in [4.78, 5) is 14.4. The molecule has 0 spiro atoms. The van der Waals surface area contributed by atoms with Crippen molar-refractivity contribution in [2.75, 3.05) is 7.11 Å². The number of benzene rings is 1. The van der Waals surface area contributed by atoms with Crippen LogP contribution >= 0.6 is 0 Å². The second-order valence-corrected chi connectivity index (χ2v) is 4.13. The van der Waals surface area contributed by atoms with Crippen molar-refractivity contribution in [2.45, 2.75) is 0 Å².